The third kappa shape index (κ3) is 17.8. The standard InChI is InChI=1S/C6H8O2.CHNO/c1-3-5-8-6(7)4-2;2-1-3/h3-4H,1-2,5H2;2H. The molecule has 0 fully saturated rings. The Morgan fingerprint density at radius 1 is 1.64 bits per heavy atom. The highest BCUT2D eigenvalue weighted by molar-refractivity contribution is 5.81. The van der Waals surface area contributed by atoms with E-state index in [4.69, 9.17) is 10.2 Å². The van der Waals surface area contributed by atoms with Crippen LogP contribution in [0.25, 0.3) is 0 Å². The van der Waals surface area contributed by atoms with Crippen molar-refractivity contribution in [2.24, 2.45) is 0 Å². The zero-order valence-corrected chi connectivity index (χ0v) is 6.00. The smallest absolute Gasteiger partial charge is 0.330 e. The van der Waals surface area contributed by atoms with Crippen molar-refractivity contribution in [3.63, 3.8) is 0 Å². The van der Waals surface area contributed by atoms with Crippen LogP contribution >= 0.6 is 0 Å². The highest BCUT2D eigenvalue weighted by Gasteiger charge is 1.87. The molecule has 1 N–H and O–H groups in total. The molecule has 11 heavy (non-hydrogen) atoms. The van der Waals surface area contributed by atoms with Crippen LogP contribution in [0.3, 0.4) is 0 Å². The van der Waals surface area contributed by atoms with E-state index >= 15 is 0 Å². The molecule has 4 nitrogen and oxygen atoms in total. The van der Waals surface area contributed by atoms with Gasteiger partial charge in [-0.1, -0.05) is 19.2 Å². The molecular weight excluding hydrogens is 146 g/mol. The quantitative estimate of drug-likeness (QED) is 0.215. The van der Waals surface area contributed by atoms with Gasteiger partial charge in [-0.3, -0.25) is 0 Å². The maximum absolute atomic E-state index is 10.2. The SMILES string of the molecule is C=CCOC(=O)C=C.N=C=O. The highest BCUT2D eigenvalue weighted by Crippen LogP contribution is 1.77. The maximum Gasteiger partial charge on any atom is 0.330 e. The van der Waals surface area contributed by atoms with Gasteiger partial charge in [0.05, 0.1) is 0 Å². The Balaban J connectivity index is 0. The van der Waals surface area contributed by atoms with Crippen LogP contribution in [-0.4, -0.2) is 18.7 Å². The van der Waals surface area contributed by atoms with E-state index in [-0.39, 0.29) is 6.61 Å². The van der Waals surface area contributed by atoms with Crippen molar-refractivity contribution in [2.75, 3.05) is 6.61 Å². The predicted molar refractivity (Wildman–Crippen MR) is 39.8 cm³/mol. The molecule has 60 valence electrons. The van der Waals surface area contributed by atoms with Gasteiger partial charge in [-0.15, -0.1) is 0 Å². The number of isocyanates is 1. The molecule has 0 unspecified atom stereocenters. The van der Waals surface area contributed by atoms with E-state index in [1.54, 1.807) is 0 Å². The van der Waals surface area contributed by atoms with Gasteiger partial charge >= 0.3 is 5.97 Å². The van der Waals surface area contributed by atoms with Crippen molar-refractivity contribution in [1.82, 2.24) is 0 Å². The average Bonchev–Trinajstić information content (AvgIpc) is 2.02. The second-order valence-electron chi connectivity index (χ2n) is 1.22. The molecule has 0 aliphatic carbocycles. The molecule has 0 aromatic rings. The molecule has 0 amide bonds. The molecule has 0 heterocycles. The van der Waals surface area contributed by atoms with Crippen molar-refractivity contribution in [2.45, 2.75) is 0 Å². The van der Waals surface area contributed by atoms with E-state index in [0.29, 0.717) is 0 Å². The highest BCUT2D eigenvalue weighted by atomic mass is 16.5. The molecule has 0 aliphatic rings. The summed E-state index contributed by atoms with van der Waals surface area (Å²) in [5.41, 5.74) is 0. The van der Waals surface area contributed by atoms with Gasteiger partial charge < -0.3 is 4.74 Å². The van der Waals surface area contributed by atoms with Crippen molar-refractivity contribution in [1.29, 1.82) is 5.41 Å². The van der Waals surface area contributed by atoms with Crippen LogP contribution in [0.5, 0.6) is 0 Å². The zero-order valence-electron chi connectivity index (χ0n) is 6.00. The molecule has 0 spiro atoms. The molecule has 0 aromatic heterocycles. The fraction of sp³-hybridized carbons (Fsp3) is 0.143. The summed E-state index contributed by atoms with van der Waals surface area (Å²) in [5.74, 6) is -0.412. The van der Waals surface area contributed by atoms with Crippen LogP contribution in [0.15, 0.2) is 25.3 Å². The van der Waals surface area contributed by atoms with E-state index in [0.717, 1.165) is 12.2 Å². The third-order valence-corrected chi connectivity index (χ3v) is 0.510. The van der Waals surface area contributed by atoms with Gasteiger partial charge in [0.2, 0.25) is 6.08 Å². The first-order valence-electron chi connectivity index (χ1n) is 2.66. The zero-order chi connectivity index (χ0) is 9.11. The Kier molecular flexibility index (Phi) is 12.2. The summed E-state index contributed by atoms with van der Waals surface area (Å²) >= 11 is 0. The van der Waals surface area contributed by atoms with Gasteiger partial charge in [-0.25, -0.2) is 15.0 Å². The summed E-state index contributed by atoms with van der Waals surface area (Å²) in [6.45, 7) is 6.81. The minimum absolute atomic E-state index is 0.255. The first-order chi connectivity index (χ1) is 5.22. The maximum atomic E-state index is 10.2. The largest absolute Gasteiger partial charge is 0.458 e. The lowest BCUT2D eigenvalue weighted by molar-refractivity contribution is -0.136. The van der Waals surface area contributed by atoms with Gasteiger partial charge in [-0.05, 0) is 0 Å². The first-order valence-corrected chi connectivity index (χ1v) is 2.66. The minimum Gasteiger partial charge on any atom is -0.458 e. The number of nitrogens with one attached hydrogen (secondary N) is 1. The minimum atomic E-state index is -0.412. The van der Waals surface area contributed by atoms with Gasteiger partial charge in [0.1, 0.15) is 6.61 Å². The third-order valence-electron chi connectivity index (χ3n) is 0.510. The first kappa shape index (κ1) is 12.0. The molecule has 0 aliphatic heterocycles. The molecule has 0 radical (unpaired) electrons. The van der Waals surface area contributed by atoms with Gasteiger partial charge in [-0.2, -0.15) is 0 Å². The molecular formula is C7H9NO3. The summed E-state index contributed by atoms with van der Waals surface area (Å²) < 4.78 is 4.47. The van der Waals surface area contributed by atoms with Crippen molar-refractivity contribution in [3.8, 4) is 0 Å². The van der Waals surface area contributed by atoms with Gasteiger partial charge in [0.25, 0.3) is 0 Å². The van der Waals surface area contributed by atoms with Crippen LogP contribution in [0, 0.1) is 5.41 Å². The summed E-state index contributed by atoms with van der Waals surface area (Å²) in [5, 5.41) is 5.40. The second-order valence-corrected chi connectivity index (χ2v) is 1.22. The molecule has 4 heteroatoms. The molecule has 0 saturated carbocycles. The normalized spacial score (nSPS) is 6.18. The lowest BCUT2D eigenvalue weighted by Crippen LogP contribution is -1.98. The Bertz CT molecular complexity index is 169. The number of hydrogen-bond donors (Lipinski definition) is 1. The number of hydrogen-bond acceptors (Lipinski definition) is 4. The Labute approximate surface area is 64.7 Å². The topological polar surface area (TPSA) is 67.2 Å². The van der Waals surface area contributed by atoms with E-state index in [2.05, 4.69) is 17.9 Å². The van der Waals surface area contributed by atoms with Crippen LogP contribution < -0.4 is 0 Å². The fourth-order valence-corrected chi connectivity index (χ4v) is 0.200. The van der Waals surface area contributed by atoms with Crippen molar-refractivity contribution < 1.29 is 14.3 Å². The molecule has 0 rings (SSSR count). The molecule has 0 atom stereocenters. The van der Waals surface area contributed by atoms with Crippen LogP contribution in [-0.2, 0) is 14.3 Å². The van der Waals surface area contributed by atoms with Crippen molar-refractivity contribution >= 4 is 12.0 Å². The van der Waals surface area contributed by atoms with Crippen molar-refractivity contribution in [3.05, 3.63) is 25.3 Å². The number of rotatable bonds is 3. The summed E-state index contributed by atoms with van der Waals surface area (Å²) in [6.07, 6.45) is 3.37. The van der Waals surface area contributed by atoms with E-state index in [9.17, 15) is 4.79 Å². The lowest BCUT2D eigenvalue weighted by atomic mass is 10.6. The van der Waals surface area contributed by atoms with E-state index < -0.39 is 5.97 Å². The number of carbonyl (C=O) groups excluding carboxylic acids is 2. The number of esters is 1. The fourth-order valence-electron chi connectivity index (χ4n) is 0.200. The molecule has 0 aromatic carbocycles. The van der Waals surface area contributed by atoms with Gasteiger partial charge in [0, 0.05) is 6.08 Å². The predicted octanol–water partition coefficient (Wildman–Crippen LogP) is 0.803. The van der Waals surface area contributed by atoms with Crippen LogP contribution in [0.2, 0.25) is 0 Å². The Morgan fingerprint density at radius 2 is 2.09 bits per heavy atom. The lowest BCUT2D eigenvalue weighted by Gasteiger charge is -1.92. The number of carbonyl (C=O) groups is 1. The van der Waals surface area contributed by atoms with Crippen LogP contribution in [0.1, 0.15) is 0 Å². The average molecular weight is 155 g/mol. The number of ether oxygens (including phenoxy) is 1. The van der Waals surface area contributed by atoms with E-state index in [1.165, 1.54) is 6.08 Å². The second kappa shape index (κ2) is 11.2. The Hall–Kier alpha value is -1.67. The van der Waals surface area contributed by atoms with E-state index in [1.807, 2.05) is 0 Å². The molecule has 0 bridgehead atoms. The molecule has 0 saturated heterocycles. The summed E-state index contributed by atoms with van der Waals surface area (Å²) in [6, 6.07) is 0. The van der Waals surface area contributed by atoms with Gasteiger partial charge in [0.15, 0.2) is 0 Å². The summed E-state index contributed by atoms with van der Waals surface area (Å²) in [7, 11) is 0. The summed E-state index contributed by atoms with van der Waals surface area (Å²) in [4.78, 5) is 18.5. The van der Waals surface area contributed by atoms with Crippen LogP contribution in [0.4, 0.5) is 0 Å². The monoisotopic (exact) mass is 155 g/mol. The Morgan fingerprint density at radius 3 is 2.36 bits per heavy atom.